The molecule has 0 fully saturated rings. The molecular weight excluding hydrogens is 227 g/mol. The lowest BCUT2D eigenvalue weighted by Crippen LogP contribution is -2.14. The normalized spacial score (nSPS) is 13.2. The molecule has 1 atom stereocenters. The van der Waals surface area contributed by atoms with Crippen LogP contribution in [0.25, 0.3) is 0 Å². The summed E-state index contributed by atoms with van der Waals surface area (Å²) < 4.78 is 39.2. The molecule has 5 heteroatoms. The van der Waals surface area contributed by atoms with E-state index in [1.54, 1.807) is 6.92 Å². The number of rotatable bonds is 2. The van der Waals surface area contributed by atoms with Crippen molar-refractivity contribution in [2.45, 2.75) is 25.8 Å². The van der Waals surface area contributed by atoms with Gasteiger partial charge in [0.15, 0.2) is 0 Å². The summed E-state index contributed by atoms with van der Waals surface area (Å²) >= 11 is 0. The van der Waals surface area contributed by atoms with Crippen LogP contribution in [0.15, 0.2) is 18.2 Å². The summed E-state index contributed by atoms with van der Waals surface area (Å²) in [7, 11) is 0. The summed E-state index contributed by atoms with van der Waals surface area (Å²) in [5, 5.41) is 0. The van der Waals surface area contributed by atoms with Gasteiger partial charge in [0.2, 0.25) is 0 Å². The van der Waals surface area contributed by atoms with Crippen molar-refractivity contribution in [2.24, 2.45) is 5.73 Å². The van der Waals surface area contributed by atoms with E-state index in [9.17, 15) is 13.2 Å². The molecule has 0 aromatic heterocycles. The van der Waals surface area contributed by atoms with Crippen molar-refractivity contribution in [1.29, 1.82) is 0 Å². The largest absolute Gasteiger partial charge is 0.324 e. The van der Waals surface area contributed by atoms with Gasteiger partial charge >= 0.3 is 0 Å². The van der Waals surface area contributed by atoms with Gasteiger partial charge in [0.05, 0.1) is 5.56 Å². The molecule has 1 unspecified atom stereocenters. The SMILES string of the molecule is CC(N)c1cccc(C(C)(F)F)c1F.Cl. The zero-order chi connectivity index (χ0) is 10.9. The molecule has 0 aliphatic carbocycles. The minimum atomic E-state index is -3.17. The molecule has 0 amide bonds. The zero-order valence-electron chi connectivity index (χ0n) is 8.43. The minimum absolute atomic E-state index is 0. The van der Waals surface area contributed by atoms with E-state index in [1.807, 2.05) is 0 Å². The van der Waals surface area contributed by atoms with Crippen LogP contribution >= 0.6 is 12.4 Å². The lowest BCUT2D eigenvalue weighted by molar-refractivity contribution is 0.0135. The summed E-state index contributed by atoms with van der Waals surface area (Å²) in [5.41, 5.74) is 4.95. The fourth-order valence-electron chi connectivity index (χ4n) is 1.24. The van der Waals surface area contributed by atoms with Crippen molar-refractivity contribution in [1.82, 2.24) is 0 Å². The van der Waals surface area contributed by atoms with E-state index >= 15 is 0 Å². The van der Waals surface area contributed by atoms with Crippen LogP contribution in [0.5, 0.6) is 0 Å². The van der Waals surface area contributed by atoms with Crippen molar-refractivity contribution in [3.8, 4) is 0 Å². The number of nitrogens with two attached hydrogens (primary N) is 1. The predicted octanol–water partition coefficient (Wildman–Crippen LogP) is 3.38. The summed E-state index contributed by atoms with van der Waals surface area (Å²) in [6, 6.07) is 3.28. The smallest absolute Gasteiger partial charge is 0.273 e. The van der Waals surface area contributed by atoms with Gasteiger partial charge in [-0.1, -0.05) is 18.2 Å². The highest BCUT2D eigenvalue weighted by Crippen LogP contribution is 2.31. The van der Waals surface area contributed by atoms with Crippen molar-refractivity contribution in [2.75, 3.05) is 0 Å². The highest BCUT2D eigenvalue weighted by Gasteiger charge is 2.29. The second kappa shape index (κ2) is 4.86. The lowest BCUT2D eigenvalue weighted by Gasteiger charge is -2.15. The predicted molar refractivity (Wildman–Crippen MR) is 55.8 cm³/mol. The molecule has 0 saturated heterocycles. The van der Waals surface area contributed by atoms with Crippen LogP contribution in [0, 0.1) is 5.82 Å². The minimum Gasteiger partial charge on any atom is -0.324 e. The van der Waals surface area contributed by atoms with E-state index in [2.05, 4.69) is 0 Å². The molecule has 86 valence electrons. The van der Waals surface area contributed by atoms with Crippen molar-refractivity contribution < 1.29 is 13.2 Å². The summed E-state index contributed by atoms with van der Waals surface area (Å²) in [6.07, 6.45) is 0. The standard InChI is InChI=1S/C10H12F3N.ClH/c1-6(14)7-4-3-5-8(9(7)11)10(2,12)13;/h3-6H,14H2,1-2H3;1H. The Morgan fingerprint density at radius 3 is 2.27 bits per heavy atom. The van der Waals surface area contributed by atoms with Crippen LogP contribution in [-0.4, -0.2) is 0 Å². The van der Waals surface area contributed by atoms with Crippen LogP contribution in [-0.2, 0) is 5.92 Å². The van der Waals surface area contributed by atoms with Crippen molar-refractivity contribution in [3.63, 3.8) is 0 Å². The quantitative estimate of drug-likeness (QED) is 0.841. The zero-order valence-corrected chi connectivity index (χ0v) is 9.25. The molecular formula is C10H13ClF3N. The second-order valence-corrected chi connectivity index (χ2v) is 3.39. The first-order valence-electron chi connectivity index (χ1n) is 4.26. The Kier molecular flexibility index (Phi) is 4.62. The van der Waals surface area contributed by atoms with E-state index in [4.69, 9.17) is 5.73 Å². The van der Waals surface area contributed by atoms with Gasteiger partial charge < -0.3 is 5.73 Å². The number of hydrogen-bond acceptors (Lipinski definition) is 1. The molecule has 0 bridgehead atoms. The molecule has 0 spiro atoms. The van der Waals surface area contributed by atoms with Gasteiger partial charge in [0.1, 0.15) is 5.82 Å². The van der Waals surface area contributed by atoms with Gasteiger partial charge in [-0.3, -0.25) is 0 Å². The Morgan fingerprint density at radius 2 is 1.87 bits per heavy atom. The van der Waals surface area contributed by atoms with Crippen LogP contribution in [0.3, 0.4) is 0 Å². The van der Waals surface area contributed by atoms with E-state index < -0.39 is 23.3 Å². The molecule has 15 heavy (non-hydrogen) atoms. The molecule has 0 aliphatic rings. The fourth-order valence-corrected chi connectivity index (χ4v) is 1.24. The van der Waals surface area contributed by atoms with Crippen LogP contribution < -0.4 is 5.73 Å². The van der Waals surface area contributed by atoms with E-state index in [0.29, 0.717) is 6.92 Å². The monoisotopic (exact) mass is 239 g/mol. The van der Waals surface area contributed by atoms with Crippen molar-refractivity contribution >= 4 is 12.4 Å². The third-order valence-corrected chi connectivity index (χ3v) is 1.99. The molecule has 1 nitrogen and oxygen atoms in total. The third kappa shape index (κ3) is 3.11. The van der Waals surface area contributed by atoms with Gasteiger partial charge in [0.25, 0.3) is 5.92 Å². The molecule has 0 aliphatic heterocycles. The molecule has 0 radical (unpaired) electrons. The summed E-state index contributed by atoms with van der Waals surface area (Å²) in [4.78, 5) is 0. The maximum atomic E-state index is 13.5. The highest BCUT2D eigenvalue weighted by molar-refractivity contribution is 5.85. The Labute approximate surface area is 92.9 Å². The Hall–Kier alpha value is -0.740. The van der Waals surface area contributed by atoms with Gasteiger partial charge in [-0.15, -0.1) is 12.4 Å². The number of halogens is 4. The average molecular weight is 240 g/mol. The first kappa shape index (κ1) is 14.3. The van der Waals surface area contributed by atoms with Gasteiger partial charge in [-0.2, -0.15) is 0 Å². The van der Waals surface area contributed by atoms with E-state index in [0.717, 1.165) is 6.07 Å². The Morgan fingerprint density at radius 1 is 1.33 bits per heavy atom. The number of hydrogen-bond donors (Lipinski definition) is 1. The van der Waals surface area contributed by atoms with Crippen LogP contribution in [0.4, 0.5) is 13.2 Å². The van der Waals surface area contributed by atoms with Gasteiger partial charge in [-0.25, -0.2) is 13.2 Å². The number of alkyl halides is 2. The van der Waals surface area contributed by atoms with Crippen LogP contribution in [0.1, 0.15) is 31.0 Å². The average Bonchev–Trinajstić information content (AvgIpc) is 2.01. The topological polar surface area (TPSA) is 26.0 Å². The maximum absolute atomic E-state index is 13.5. The molecule has 1 aromatic carbocycles. The first-order valence-corrected chi connectivity index (χ1v) is 4.26. The Balaban J connectivity index is 0.00000196. The maximum Gasteiger partial charge on any atom is 0.273 e. The lowest BCUT2D eigenvalue weighted by atomic mass is 10.0. The van der Waals surface area contributed by atoms with Crippen LogP contribution in [0.2, 0.25) is 0 Å². The molecule has 0 heterocycles. The van der Waals surface area contributed by atoms with E-state index in [1.165, 1.54) is 12.1 Å². The summed E-state index contributed by atoms with van der Waals surface area (Å²) in [5.74, 6) is -4.08. The number of benzene rings is 1. The fraction of sp³-hybridized carbons (Fsp3) is 0.400. The summed E-state index contributed by atoms with van der Waals surface area (Å²) in [6.45, 7) is 2.21. The highest BCUT2D eigenvalue weighted by atomic mass is 35.5. The Bertz CT molecular complexity index is 334. The third-order valence-electron chi connectivity index (χ3n) is 1.99. The van der Waals surface area contributed by atoms with Crippen molar-refractivity contribution in [3.05, 3.63) is 35.1 Å². The molecule has 0 saturated carbocycles. The van der Waals surface area contributed by atoms with Gasteiger partial charge in [-0.05, 0) is 6.92 Å². The van der Waals surface area contributed by atoms with Gasteiger partial charge in [0, 0.05) is 18.5 Å². The molecule has 2 N–H and O–H groups in total. The molecule has 1 rings (SSSR count). The first-order chi connectivity index (χ1) is 6.34. The second-order valence-electron chi connectivity index (χ2n) is 3.39. The van der Waals surface area contributed by atoms with E-state index in [-0.39, 0.29) is 18.0 Å². The molecule has 1 aromatic rings.